The van der Waals surface area contributed by atoms with Crippen LogP contribution in [-0.2, 0) is 0 Å². The maximum atomic E-state index is 13.5. The van der Waals surface area contributed by atoms with Gasteiger partial charge in [0.2, 0.25) is 0 Å². The molecule has 0 spiro atoms. The molecule has 2 nitrogen and oxygen atoms in total. The Morgan fingerprint density at radius 3 is 2.56 bits per heavy atom. The molecule has 0 fully saturated rings. The third kappa shape index (κ3) is 3.25. The molecule has 90 valence electrons. The van der Waals surface area contributed by atoms with Gasteiger partial charge in [-0.1, -0.05) is 13.0 Å². The first-order valence-corrected chi connectivity index (χ1v) is 5.40. The Labute approximate surface area is 94.8 Å². The SMILES string of the molecule is CNC(CC(C)CN)c1ccc(F)cc1F. The molecular weight excluding hydrogens is 210 g/mol. The van der Waals surface area contributed by atoms with Gasteiger partial charge in [0.1, 0.15) is 11.6 Å². The molecule has 0 saturated heterocycles. The van der Waals surface area contributed by atoms with E-state index in [0.717, 1.165) is 12.5 Å². The lowest BCUT2D eigenvalue weighted by Gasteiger charge is -2.20. The summed E-state index contributed by atoms with van der Waals surface area (Å²) in [7, 11) is 1.76. The van der Waals surface area contributed by atoms with Crippen LogP contribution in [0.15, 0.2) is 18.2 Å². The highest BCUT2D eigenvalue weighted by molar-refractivity contribution is 5.22. The quantitative estimate of drug-likeness (QED) is 0.811. The second kappa shape index (κ2) is 5.92. The van der Waals surface area contributed by atoms with Gasteiger partial charge in [-0.3, -0.25) is 0 Å². The number of nitrogens with two attached hydrogens (primary N) is 1. The number of halogens is 2. The van der Waals surface area contributed by atoms with Crippen molar-refractivity contribution in [3.05, 3.63) is 35.4 Å². The third-order valence-corrected chi connectivity index (χ3v) is 2.73. The number of benzene rings is 1. The van der Waals surface area contributed by atoms with Gasteiger partial charge >= 0.3 is 0 Å². The minimum Gasteiger partial charge on any atom is -0.330 e. The van der Waals surface area contributed by atoms with Crippen molar-refractivity contribution in [3.8, 4) is 0 Å². The molecule has 0 aromatic heterocycles. The van der Waals surface area contributed by atoms with Crippen LogP contribution < -0.4 is 11.1 Å². The predicted octanol–water partition coefficient (Wildman–Crippen LogP) is 2.21. The summed E-state index contributed by atoms with van der Waals surface area (Å²) in [6.45, 7) is 2.56. The van der Waals surface area contributed by atoms with Gasteiger partial charge in [0, 0.05) is 17.7 Å². The molecule has 1 aromatic carbocycles. The topological polar surface area (TPSA) is 38.0 Å². The highest BCUT2D eigenvalue weighted by Crippen LogP contribution is 2.23. The minimum atomic E-state index is -0.553. The van der Waals surface area contributed by atoms with Crippen LogP contribution in [0.4, 0.5) is 8.78 Å². The van der Waals surface area contributed by atoms with Gasteiger partial charge in [-0.05, 0) is 32.0 Å². The van der Waals surface area contributed by atoms with Crippen molar-refractivity contribution in [3.63, 3.8) is 0 Å². The number of rotatable bonds is 5. The van der Waals surface area contributed by atoms with Crippen LogP contribution in [0, 0.1) is 17.6 Å². The van der Waals surface area contributed by atoms with Crippen molar-refractivity contribution in [1.82, 2.24) is 5.32 Å². The molecule has 4 heteroatoms. The van der Waals surface area contributed by atoms with E-state index < -0.39 is 11.6 Å². The molecule has 0 heterocycles. The molecule has 0 aliphatic rings. The average Bonchev–Trinajstić information content (AvgIpc) is 2.26. The molecule has 0 saturated carbocycles. The van der Waals surface area contributed by atoms with Crippen LogP contribution in [0.2, 0.25) is 0 Å². The second-order valence-electron chi connectivity index (χ2n) is 4.08. The number of hydrogen-bond acceptors (Lipinski definition) is 2. The van der Waals surface area contributed by atoms with E-state index in [1.807, 2.05) is 6.92 Å². The lowest BCUT2D eigenvalue weighted by atomic mass is 9.95. The summed E-state index contributed by atoms with van der Waals surface area (Å²) < 4.78 is 26.3. The van der Waals surface area contributed by atoms with E-state index in [1.54, 1.807) is 7.05 Å². The van der Waals surface area contributed by atoms with E-state index in [1.165, 1.54) is 12.1 Å². The molecule has 0 aliphatic heterocycles. The van der Waals surface area contributed by atoms with Crippen molar-refractivity contribution >= 4 is 0 Å². The van der Waals surface area contributed by atoms with Gasteiger partial charge in [-0.2, -0.15) is 0 Å². The van der Waals surface area contributed by atoms with Crippen molar-refractivity contribution < 1.29 is 8.78 Å². The summed E-state index contributed by atoms with van der Waals surface area (Å²) in [5.74, 6) is -0.770. The molecular formula is C12H18F2N2. The lowest BCUT2D eigenvalue weighted by Crippen LogP contribution is -2.23. The monoisotopic (exact) mass is 228 g/mol. The maximum absolute atomic E-state index is 13.5. The van der Waals surface area contributed by atoms with E-state index in [4.69, 9.17) is 5.73 Å². The van der Waals surface area contributed by atoms with Crippen LogP contribution in [0.1, 0.15) is 24.9 Å². The average molecular weight is 228 g/mol. The molecule has 1 rings (SSSR count). The summed E-state index contributed by atoms with van der Waals surface area (Å²) in [6.07, 6.45) is 0.732. The summed E-state index contributed by atoms with van der Waals surface area (Å²) in [6, 6.07) is 3.54. The highest BCUT2D eigenvalue weighted by atomic mass is 19.1. The Morgan fingerprint density at radius 1 is 1.38 bits per heavy atom. The Balaban J connectivity index is 2.86. The van der Waals surface area contributed by atoms with Crippen molar-refractivity contribution in [1.29, 1.82) is 0 Å². The molecule has 0 radical (unpaired) electrons. The molecule has 0 bridgehead atoms. The van der Waals surface area contributed by atoms with E-state index in [9.17, 15) is 8.78 Å². The van der Waals surface area contributed by atoms with Gasteiger partial charge in [0.15, 0.2) is 0 Å². The zero-order valence-corrected chi connectivity index (χ0v) is 9.63. The summed E-state index contributed by atoms with van der Waals surface area (Å²) in [5, 5.41) is 3.03. The normalized spacial score (nSPS) is 14.8. The van der Waals surface area contributed by atoms with E-state index in [2.05, 4.69) is 5.32 Å². The van der Waals surface area contributed by atoms with Crippen LogP contribution in [0.5, 0.6) is 0 Å². The van der Waals surface area contributed by atoms with Gasteiger partial charge in [-0.15, -0.1) is 0 Å². The smallest absolute Gasteiger partial charge is 0.130 e. The zero-order valence-electron chi connectivity index (χ0n) is 9.63. The fourth-order valence-electron chi connectivity index (χ4n) is 1.68. The molecule has 2 unspecified atom stereocenters. The molecule has 3 N–H and O–H groups in total. The molecule has 2 atom stereocenters. The van der Waals surface area contributed by atoms with Crippen LogP contribution in [0.3, 0.4) is 0 Å². The minimum absolute atomic E-state index is 0.126. The molecule has 0 amide bonds. The van der Waals surface area contributed by atoms with E-state index in [0.29, 0.717) is 18.0 Å². The lowest BCUT2D eigenvalue weighted by molar-refractivity contribution is 0.423. The third-order valence-electron chi connectivity index (χ3n) is 2.73. The Kier molecular flexibility index (Phi) is 4.83. The zero-order chi connectivity index (χ0) is 12.1. The summed E-state index contributed by atoms with van der Waals surface area (Å²) in [4.78, 5) is 0. The first kappa shape index (κ1) is 13.1. The van der Waals surface area contributed by atoms with Crippen molar-refractivity contribution in [2.45, 2.75) is 19.4 Å². The number of hydrogen-bond donors (Lipinski definition) is 2. The fourth-order valence-corrected chi connectivity index (χ4v) is 1.68. The highest BCUT2D eigenvalue weighted by Gasteiger charge is 2.16. The maximum Gasteiger partial charge on any atom is 0.130 e. The Hall–Kier alpha value is -1.00. The first-order chi connectivity index (χ1) is 7.58. The van der Waals surface area contributed by atoms with Crippen LogP contribution in [-0.4, -0.2) is 13.6 Å². The fraction of sp³-hybridized carbons (Fsp3) is 0.500. The Bertz CT molecular complexity index is 342. The van der Waals surface area contributed by atoms with Crippen molar-refractivity contribution in [2.75, 3.05) is 13.6 Å². The Morgan fingerprint density at radius 2 is 2.06 bits per heavy atom. The van der Waals surface area contributed by atoms with Crippen LogP contribution in [0.25, 0.3) is 0 Å². The summed E-state index contributed by atoms with van der Waals surface area (Å²) in [5.41, 5.74) is 6.02. The predicted molar refractivity (Wildman–Crippen MR) is 61.0 cm³/mol. The second-order valence-corrected chi connectivity index (χ2v) is 4.08. The molecule has 1 aromatic rings. The van der Waals surface area contributed by atoms with Gasteiger partial charge in [0.25, 0.3) is 0 Å². The van der Waals surface area contributed by atoms with Gasteiger partial charge in [0.05, 0.1) is 0 Å². The first-order valence-electron chi connectivity index (χ1n) is 5.40. The summed E-state index contributed by atoms with van der Waals surface area (Å²) >= 11 is 0. The number of nitrogens with one attached hydrogen (secondary N) is 1. The largest absolute Gasteiger partial charge is 0.330 e. The standard InChI is InChI=1S/C12H18F2N2/c1-8(7-15)5-12(16-2)10-4-3-9(13)6-11(10)14/h3-4,6,8,12,16H,5,7,15H2,1-2H3. The molecule has 16 heavy (non-hydrogen) atoms. The molecule has 0 aliphatic carbocycles. The van der Waals surface area contributed by atoms with Crippen molar-refractivity contribution in [2.24, 2.45) is 11.7 Å². The van der Waals surface area contributed by atoms with Gasteiger partial charge < -0.3 is 11.1 Å². The van der Waals surface area contributed by atoms with Gasteiger partial charge in [-0.25, -0.2) is 8.78 Å². The van der Waals surface area contributed by atoms with Crippen LogP contribution >= 0.6 is 0 Å². The van der Waals surface area contributed by atoms with E-state index in [-0.39, 0.29) is 6.04 Å². The van der Waals surface area contributed by atoms with E-state index >= 15 is 0 Å².